The largest absolute Gasteiger partial charge is 0.368 e. The van der Waals surface area contributed by atoms with E-state index < -0.39 is 6.29 Å². The van der Waals surface area contributed by atoms with E-state index in [2.05, 4.69) is 5.32 Å². The summed E-state index contributed by atoms with van der Waals surface area (Å²) < 4.78 is 0. The normalized spacial score (nSPS) is 20.2. The summed E-state index contributed by atoms with van der Waals surface area (Å²) >= 11 is 0. The summed E-state index contributed by atoms with van der Waals surface area (Å²) in [6, 6.07) is 0.623. The second-order valence-corrected chi connectivity index (χ2v) is 3.56. The van der Waals surface area contributed by atoms with E-state index in [4.69, 9.17) is 10.2 Å². The summed E-state index contributed by atoms with van der Waals surface area (Å²) in [5, 5.41) is 20.5. The molecule has 0 spiro atoms. The molecule has 0 saturated heterocycles. The molecule has 12 heavy (non-hydrogen) atoms. The fraction of sp³-hybridized carbons (Fsp3) is 1.00. The second-order valence-electron chi connectivity index (χ2n) is 3.56. The molecule has 0 aromatic heterocycles. The first-order valence-corrected chi connectivity index (χ1v) is 4.88. The summed E-state index contributed by atoms with van der Waals surface area (Å²) in [5.41, 5.74) is 0. The topological polar surface area (TPSA) is 52.5 Å². The number of nitrogens with one attached hydrogen (secondary N) is 1. The summed E-state index contributed by atoms with van der Waals surface area (Å²) in [6.45, 7) is 0.725. The van der Waals surface area contributed by atoms with Gasteiger partial charge in [-0.25, -0.2) is 0 Å². The molecule has 0 atom stereocenters. The lowest BCUT2D eigenvalue weighted by Crippen LogP contribution is -2.33. The Balaban J connectivity index is 1.98. The van der Waals surface area contributed by atoms with Crippen LogP contribution in [-0.2, 0) is 0 Å². The highest BCUT2D eigenvalue weighted by Crippen LogP contribution is 2.17. The lowest BCUT2D eigenvalue weighted by Gasteiger charge is -2.22. The fourth-order valence-electron chi connectivity index (χ4n) is 1.72. The highest BCUT2D eigenvalue weighted by Gasteiger charge is 2.12. The van der Waals surface area contributed by atoms with E-state index in [9.17, 15) is 0 Å². The minimum Gasteiger partial charge on any atom is -0.368 e. The van der Waals surface area contributed by atoms with Crippen LogP contribution >= 0.6 is 0 Å². The molecular weight excluding hydrogens is 154 g/mol. The maximum atomic E-state index is 8.60. The number of hydrogen-bond acceptors (Lipinski definition) is 3. The van der Waals surface area contributed by atoms with Crippen LogP contribution in [0, 0.1) is 0 Å². The molecule has 0 bridgehead atoms. The Morgan fingerprint density at radius 1 is 1.17 bits per heavy atom. The highest BCUT2D eigenvalue weighted by atomic mass is 16.5. The molecule has 0 radical (unpaired) electrons. The Hall–Kier alpha value is -0.120. The van der Waals surface area contributed by atoms with Crippen molar-refractivity contribution in [1.82, 2.24) is 5.32 Å². The molecule has 1 fully saturated rings. The predicted octanol–water partition coefficient (Wildman–Crippen LogP) is 0.609. The van der Waals surface area contributed by atoms with Crippen LogP contribution in [0.1, 0.15) is 38.5 Å². The van der Waals surface area contributed by atoms with Crippen molar-refractivity contribution in [2.45, 2.75) is 50.9 Å². The summed E-state index contributed by atoms with van der Waals surface area (Å²) in [4.78, 5) is 0. The molecule has 0 aliphatic heterocycles. The summed E-state index contributed by atoms with van der Waals surface area (Å²) in [5.74, 6) is 0. The number of aliphatic hydroxyl groups is 2. The third-order valence-corrected chi connectivity index (χ3v) is 2.44. The van der Waals surface area contributed by atoms with E-state index in [1.54, 1.807) is 0 Å². The maximum Gasteiger partial charge on any atom is 0.152 e. The molecule has 3 nitrogen and oxygen atoms in total. The van der Waals surface area contributed by atoms with Crippen LogP contribution in [0.3, 0.4) is 0 Å². The van der Waals surface area contributed by atoms with Gasteiger partial charge in [0.25, 0.3) is 0 Å². The van der Waals surface area contributed by atoms with Crippen molar-refractivity contribution in [3.63, 3.8) is 0 Å². The zero-order chi connectivity index (χ0) is 8.81. The standard InChI is InChI=1S/C9H19NO2/c11-9(12)6-7-10-8-4-2-1-3-5-8/h8-12H,1-7H2. The molecule has 1 rings (SSSR count). The van der Waals surface area contributed by atoms with Crippen LogP contribution in [-0.4, -0.2) is 29.1 Å². The average Bonchev–Trinajstić information content (AvgIpc) is 2.05. The quantitative estimate of drug-likeness (QED) is 0.546. The van der Waals surface area contributed by atoms with Crippen molar-refractivity contribution in [3.05, 3.63) is 0 Å². The van der Waals surface area contributed by atoms with Crippen molar-refractivity contribution in [1.29, 1.82) is 0 Å². The zero-order valence-electron chi connectivity index (χ0n) is 7.50. The van der Waals surface area contributed by atoms with Crippen molar-refractivity contribution in [3.8, 4) is 0 Å². The van der Waals surface area contributed by atoms with Gasteiger partial charge in [0.1, 0.15) is 0 Å². The molecule has 1 aliphatic rings. The lowest BCUT2D eigenvalue weighted by atomic mass is 9.95. The van der Waals surface area contributed by atoms with Gasteiger partial charge in [0.05, 0.1) is 0 Å². The van der Waals surface area contributed by atoms with E-state index >= 15 is 0 Å². The average molecular weight is 173 g/mol. The Morgan fingerprint density at radius 2 is 1.83 bits per heavy atom. The lowest BCUT2D eigenvalue weighted by molar-refractivity contribution is -0.0448. The minimum absolute atomic E-state index is 0.441. The first-order valence-electron chi connectivity index (χ1n) is 4.88. The molecular formula is C9H19NO2. The molecule has 0 aromatic rings. The van der Waals surface area contributed by atoms with Crippen LogP contribution < -0.4 is 5.32 Å². The maximum absolute atomic E-state index is 8.60. The summed E-state index contributed by atoms with van der Waals surface area (Å²) in [7, 11) is 0. The third kappa shape index (κ3) is 4.04. The van der Waals surface area contributed by atoms with Crippen LogP contribution in [0.25, 0.3) is 0 Å². The van der Waals surface area contributed by atoms with E-state index in [0.717, 1.165) is 6.54 Å². The van der Waals surface area contributed by atoms with Gasteiger partial charge in [0, 0.05) is 19.0 Å². The van der Waals surface area contributed by atoms with Gasteiger partial charge >= 0.3 is 0 Å². The van der Waals surface area contributed by atoms with Crippen LogP contribution in [0.2, 0.25) is 0 Å². The van der Waals surface area contributed by atoms with Crippen molar-refractivity contribution < 1.29 is 10.2 Å². The van der Waals surface area contributed by atoms with E-state index in [1.807, 2.05) is 0 Å². The smallest absolute Gasteiger partial charge is 0.152 e. The number of aliphatic hydroxyl groups excluding tert-OH is 1. The molecule has 0 heterocycles. The van der Waals surface area contributed by atoms with E-state index in [-0.39, 0.29) is 0 Å². The van der Waals surface area contributed by atoms with E-state index in [0.29, 0.717) is 12.5 Å². The van der Waals surface area contributed by atoms with Crippen molar-refractivity contribution in [2.24, 2.45) is 0 Å². The highest BCUT2D eigenvalue weighted by molar-refractivity contribution is 4.71. The SMILES string of the molecule is OC(O)CCNC1CCCCC1. The predicted molar refractivity (Wildman–Crippen MR) is 47.7 cm³/mol. The van der Waals surface area contributed by atoms with Gasteiger partial charge in [0.15, 0.2) is 6.29 Å². The van der Waals surface area contributed by atoms with Gasteiger partial charge in [-0.15, -0.1) is 0 Å². The molecule has 72 valence electrons. The van der Waals surface area contributed by atoms with Crippen LogP contribution in [0.15, 0.2) is 0 Å². The fourth-order valence-corrected chi connectivity index (χ4v) is 1.72. The van der Waals surface area contributed by atoms with Gasteiger partial charge in [-0.2, -0.15) is 0 Å². The molecule has 0 amide bonds. The molecule has 3 heteroatoms. The van der Waals surface area contributed by atoms with E-state index in [1.165, 1.54) is 32.1 Å². The first-order chi connectivity index (χ1) is 5.79. The zero-order valence-corrected chi connectivity index (χ0v) is 7.50. The monoisotopic (exact) mass is 173 g/mol. The van der Waals surface area contributed by atoms with Crippen molar-refractivity contribution >= 4 is 0 Å². The molecule has 0 aromatic carbocycles. The Kier molecular flexibility index (Phi) is 4.58. The van der Waals surface area contributed by atoms with Gasteiger partial charge in [-0.3, -0.25) is 0 Å². The molecule has 1 saturated carbocycles. The second kappa shape index (κ2) is 5.51. The third-order valence-electron chi connectivity index (χ3n) is 2.44. The van der Waals surface area contributed by atoms with Gasteiger partial charge in [0.2, 0.25) is 0 Å². The van der Waals surface area contributed by atoms with Gasteiger partial charge < -0.3 is 15.5 Å². The Labute approximate surface area is 73.8 Å². The molecule has 0 unspecified atom stereocenters. The first kappa shape index (κ1) is 9.96. The van der Waals surface area contributed by atoms with Crippen LogP contribution in [0.5, 0.6) is 0 Å². The Bertz CT molecular complexity index is 111. The summed E-state index contributed by atoms with van der Waals surface area (Å²) in [6.07, 6.45) is 5.79. The minimum atomic E-state index is -1.15. The number of hydrogen-bond donors (Lipinski definition) is 3. The van der Waals surface area contributed by atoms with Crippen molar-refractivity contribution in [2.75, 3.05) is 6.54 Å². The van der Waals surface area contributed by atoms with Gasteiger partial charge in [-0.1, -0.05) is 19.3 Å². The molecule has 1 aliphatic carbocycles. The van der Waals surface area contributed by atoms with Gasteiger partial charge in [-0.05, 0) is 12.8 Å². The Morgan fingerprint density at radius 3 is 2.42 bits per heavy atom. The van der Waals surface area contributed by atoms with Crippen LogP contribution in [0.4, 0.5) is 0 Å². The number of rotatable bonds is 4. The molecule has 3 N–H and O–H groups in total.